The third-order valence-electron chi connectivity index (χ3n) is 2.60. The Kier molecular flexibility index (Phi) is 5.73. The summed E-state index contributed by atoms with van der Waals surface area (Å²) in [7, 11) is 0. The Bertz CT molecular complexity index is 666. The van der Waals surface area contributed by atoms with E-state index in [0.717, 1.165) is 4.47 Å². The number of aromatic nitrogens is 2. The van der Waals surface area contributed by atoms with Gasteiger partial charge in [-0.1, -0.05) is 11.6 Å². The average molecular weight is 395 g/mol. The van der Waals surface area contributed by atoms with Crippen LogP contribution in [0, 0.1) is 0 Å². The van der Waals surface area contributed by atoms with Gasteiger partial charge in [-0.15, -0.1) is 0 Å². The summed E-state index contributed by atoms with van der Waals surface area (Å²) in [5.41, 5.74) is 0.401. The second kappa shape index (κ2) is 7.55. The largest absolute Gasteiger partial charge is 0.433 e. The molecule has 1 aromatic heterocycles. The molecule has 0 bridgehead atoms. The van der Waals surface area contributed by atoms with Crippen LogP contribution in [0.3, 0.4) is 0 Å². The first-order chi connectivity index (χ1) is 10.4. The Labute approximate surface area is 138 Å². The van der Waals surface area contributed by atoms with Crippen LogP contribution in [0.25, 0.3) is 0 Å². The molecule has 5 nitrogen and oxygen atoms in total. The smallest absolute Gasteiger partial charge is 0.387 e. The highest BCUT2D eigenvalue weighted by atomic mass is 79.9. The fourth-order valence-corrected chi connectivity index (χ4v) is 2.22. The van der Waals surface area contributed by atoms with E-state index < -0.39 is 6.61 Å². The van der Waals surface area contributed by atoms with Gasteiger partial charge in [0.25, 0.3) is 0 Å². The first-order valence-corrected chi connectivity index (χ1v) is 7.33. The molecule has 2 rings (SSSR count). The summed E-state index contributed by atoms with van der Waals surface area (Å²) in [4.78, 5) is 11.8. The normalized spacial score (nSPS) is 10.8. The minimum atomic E-state index is -2.95. The van der Waals surface area contributed by atoms with E-state index >= 15 is 0 Å². The lowest BCUT2D eigenvalue weighted by atomic mass is 10.3. The molecule has 0 saturated heterocycles. The van der Waals surface area contributed by atoms with Crippen molar-refractivity contribution in [2.24, 2.45) is 0 Å². The molecule has 0 aliphatic heterocycles. The van der Waals surface area contributed by atoms with Crippen LogP contribution in [-0.2, 0) is 11.3 Å². The van der Waals surface area contributed by atoms with Crippen LogP contribution in [0.1, 0.15) is 6.42 Å². The van der Waals surface area contributed by atoms with Gasteiger partial charge in [-0.25, -0.2) is 0 Å². The van der Waals surface area contributed by atoms with Crippen LogP contribution < -0.4 is 10.1 Å². The monoisotopic (exact) mass is 393 g/mol. The Hall–Kier alpha value is -1.67. The summed E-state index contributed by atoms with van der Waals surface area (Å²) in [5, 5.41) is 6.64. The van der Waals surface area contributed by atoms with Gasteiger partial charge in [-0.3, -0.25) is 9.48 Å². The number of carbonyl (C=O) groups is 1. The van der Waals surface area contributed by atoms with E-state index in [0.29, 0.717) is 12.2 Å². The molecule has 9 heteroatoms. The Morgan fingerprint density at radius 1 is 1.50 bits per heavy atom. The molecule has 0 saturated carbocycles. The number of anilines is 1. The maximum absolute atomic E-state index is 12.1. The molecule has 1 amide bonds. The van der Waals surface area contributed by atoms with Gasteiger partial charge in [0.1, 0.15) is 5.75 Å². The first kappa shape index (κ1) is 16.7. The topological polar surface area (TPSA) is 56.2 Å². The summed E-state index contributed by atoms with van der Waals surface area (Å²) < 4.78 is 30.9. The fraction of sp³-hybridized carbons (Fsp3) is 0.231. The van der Waals surface area contributed by atoms with Crippen molar-refractivity contribution in [1.82, 2.24) is 9.78 Å². The molecular weight excluding hydrogens is 384 g/mol. The van der Waals surface area contributed by atoms with Crippen molar-refractivity contribution in [2.75, 3.05) is 5.32 Å². The molecular formula is C13H11BrClF2N3O2. The number of halogens is 4. The molecule has 0 spiro atoms. The van der Waals surface area contributed by atoms with Gasteiger partial charge in [-0.2, -0.15) is 13.9 Å². The lowest BCUT2D eigenvalue weighted by Gasteiger charge is -2.09. The number of rotatable bonds is 6. The lowest BCUT2D eigenvalue weighted by Crippen LogP contribution is -2.14. The third kappa shape index (κ3) is 4.96. The zero-order chi connectivity index (χ0) is 16.1. The van der Waals surface area contributed by atoms with Gasteiger partial charge < -0.3 is 10.1 Å². The lowest BCUT2D eigenvalue weighted by molar-refractivity contribution is -0.116. The van der Waals surface area contributed by atoms with E-state index in [1.165, 1.54) is 18.2 Å². The van der Waals surface area contributed by atoms with E-state index in [-0.39, 0.29) is 23.1 Å². The van der Waals surface area contributed by atoms with Gasteiger partial charge >= 0.3 is 6.61 Å². The van der Waals surface area contributed by atoms with Crippen molar-refractivity contribution in [1.29, 1.82) is 0 Å². The van der Waals surface area contributed by atoms with E-state index in [1.54, 1.807) is 17.1 Å². The highest BCUT2D eigenvalue weighted by molar-refractivity contribution is 9.10. The number of ether oxygens (including phenoxy) is 1. The number of amides is 1. The summed E-state index contributed by atoms with van der Waals surface area (Å²) in [6, 6.07) is 4.06. The molecule has 1 heterocycles. The van der Waals surface area contributed by atoms with Crippen molar-refractivity contribution in [3.05, 3.63) is 40.1 Å². The number of nitrogens with zero attached hydrogens (tertiary/aromatic N) is 2. The molecule has 1 N–H and O–H groups in total. The van der Waals surface area contributed by atoms with Crippen molar-refractivity contribution >= 4 is 39.1 Å². The Balaban J connectivity index is 1.89. The Morgan fingerprint density at radius 2 is 2.27 bits per heavy atom. The molecule has 22 heavy (non-hydrogen) atoms. The van der Waals surface area contributed by atoms with Crippen molar-refractivity contribution in [3.63, 3.8) is 0 Å². The van der Waals surface area contributed by atoms with E-state index in [4.69, 9.17) is 11.6 Å². The van der Waals surface area contributed by atoms with Crippen LogP contribution in [-0.4, -0.2) is 22.3 Å². The first-order valence-electron chi connectivity index (χ1n) is 6.16. The number of nitrogens with one attached hydrogen (secondary N) is 1. The highest BCUT2D eigenvalue weighted by Gasteiger charge is 2.10. The molecule has 0 fully saturated rings. The SMILES string of the molecule is O=C(CCn1cc(Br)cn1)Nc1ccc(OC(F)F)c(Cl)c1. The number of alkyl halides is 2. The predicted octanol–water partition coefficient (Wildman–Crippen LogP) is 3.93. The number of hydrogen-bond donors (Lipinski definition) is 1. The number of benzene rings is 1. The molecule has 0 unspecified atom stereocenters. The molecule has 1 aromatic carbocycles. The van der Waals surface area contributed by atoms with Crippen molar-refractivity contribution in [2.45, 2.75) is 19.6 Å². The van der Waals surface area contributed by atoms with Crippen LogP contribution in [0.15, 0.2) is 35.1 Å². The minimum Gasteiger partial charge on any atom is -0.433 e. The molecule has 0 radical (unpaired) electrons. The fourth-order valence-electron chi connectivity index (χ4n) is 1.67. The Morgan fingerprint density at radius 3 is 2.86 bits per heavy atom. The zero-order valence-electron chi connectivity index (χ0n) is 11.1. The van der Waals surface area contributed by atoms with E-state index in [2.05, 4.69) is 31.1 Å². The summed E-state index contributed by atoms with van der Waals surface area (Å²) >= 11 is 9.06. The highest BCUT2D eigenvalue weighted by Crippen LogP contribution is 2.28. The summed E-state index contributed by atoms with van der Waals surface area (Å²) in [6.07, 6.45) is 3.58. The second-order valence-corrected chi connectivity index (χ2v) is 5.57. The summed E-state index contributed by atoms with van der Waals surface area (Å²) in [6.45, 7) is -2.54. The molecule has 0 atom stereocenters. The number of carbonyl (C=O) groups excluding carboxylic acids is 1. The maximum atomic E-state index is 12.1. The van der Waals surface area contributed by atoms with Gasteiger partial charge in [0.15, 0.2) is 0 Å². The van der Waals surface area contributed by atoms with Crippen molar-refractivity contribution in [3.8, 4) is 5.75 Å². The third-order valence-corrected chi connectivity index (χ3v) is 3.31. The average Bonchev–Trinajstić information content (AvgIpc) is 2.85. The minimum absolute atomic E-state index is 0.00546. The van der Waals surface area contributed by atoms with Crippen LogP contribution in [0.2, 0.25) is 5.02 Å². The van der Waals surface area contributed by atoms with Crippen molar-refractivity contribution < 1.29 is 18.3 Å². The van der Waals surface area contributed by atoms with E-state index in [1.807, 2.05) is 0 Å². The standard InChI is InChI=1S/C13H11BrClF2N3O2/c14-8-6-18-20(7-8)4-3-12(21)19-9-1-2-11(10(15)5-9)22-13(16)17/h1-2,5-7,13H,3-4H2,(H,19,21). The number of aryl methyl sites for hydroxylation is 1. The second-order valence-electron chi connectivity index (χ2n) is 4.24. The number of hydrogen-bond acceptors (Lipinski definition) is 3. The molecule has 0 aliphatic rings. The zero-order valence-corrected chi connectivity index (χ0v) is 13.4. The summed E-state index contributed by atoms with van der Waals surface area (Å²) in [5.74, 6) is -0.388. The van der Waals surface area contributed by atoms with Gasteiger partial charge in [0.05, 0.1) is 15.7 Å². The predicted molar refractivity (Wildman–Crippen MR) is 81.3 cm³/mol. The van der Waals surface area contributed by atoms with E-state index in [9.17, 15) is 13.6 Å². The maximum Gasteiger partial charge on any atom is 0.387 e. The quantitative estimate of drug-likeness (QED) is 0.808. The van der Waals surface area contributed by atoms with Gasteiger partial charge in [0, 0.05) is 24.8 Å². The van der Waals surface area contributed by atoms with Crippen LogP contribution in [0.4, 0.5) is 14.5 Å². The van der Waals surface area contributed by atoms with Gasteiger partial charge in [0.2, 0.25) is 5.91 Å². The molecule has 0 aliphatic carbocycles. The van der Waals surface area contributed by atoms with Crippen LogP contribution >= 0.6 is 27.5 Å². The van der Waals surface area contributed by atoms with Gasteiger partial charge in [-0.05, 0) is 34.1 Å². The van der Waals surface area contributed by atoms with Crippen LogP contribution in [0.5, 0.6) is 5.75 Å². The molecule has 2 aromatic rings. The molecule has 118 valence electrons.